The normalized spacial score (nSPS) is 18.4. The average Bonchev–Trinajstić information content (AvgIpc) is 3.58. The fourth-order valence-electron chi connectivity index (χ4n) is 5.21. The summed E-state index contributed by atoms with van der Waals surface area (Å²) in [7, 11) is 0. The van der Waals surface area contributed by atoms with Crippen molar-refractivity contribution in [2.75, 3.05) is 11.5 Å². The zero-order valence-corrected chi connectivity index (χ0v) is 21.9. The second-order valence-corrected chi connectivity index (χ2v) is 10.7. The molecule has 0 N–H and O–H groups in total. The third-order valence-corrected chi connectivity index (χ3v) is 8.15. The van der Waals surface area contributed by atoms with Crippen molar-refractivity contribution in [3.05, 3.63) is 94.2 Å². The van der Waals surface area contributed by atoms with Gasteiger partial charge in [-0.25, -0.2) is 9.78 Å². The molecule has 1 aliphatic heterocycles. The maximum absolute atomic E-state index is 13.2. The van der Waals surface area contributed by atoms with Crippen LogP contribution in [0.4, 0.5) is 5.69 Å². The van der Waals surface area contributed by atoms with Gasteiger partial charge in [-0.15, -0.1) is 11.3 Å². The minimum Gasteiger partial charge on any atom is -0.454 e. The molecule has 3 heterocycles. The van der Waals surface area contributed by atoms with Gasteiger partial charge in [0.2, 0.25) is 17.6 Å². The first kappa shape index (κ1) is 24.9. The average molecular weight is 537 g/mol. The Morgan fingerprint density at radius 3 is 2.36 bits per heavy atom. The third kappa shape index (κ3) is 4.57. The van der Waals surface area contributed by atoms with Crippen molar-refractivity contribution < 1.29 is 23.9 Å². The summed E-state index contributed by atoms with van der Waals surface area (Å²) in [5.41, 5.74) is 3.64. The lowest BCUT2D eigenvalue weighted by molar-refractivity contribution is -0.122. The van der Waals surface area contributed by atoms with Gasteiger partial charge in [-0.2, -0.15) is 0 Å². The second kappa shape index (κ2) is 10.0. The maximum Gasteiger partial charge on any atom is 0.339 e. The van der Waals surface area contributed by atoms with Crippen LogP contribution < -0.4 is 4.90 Å². The van der Waals surface area contributed by atoms with Gasteiger partial charge in [-0.3, -0.25) is 19.3 Å². The number of benzene rings is 2. The quantitative estimate of drug-likeness (QED) is 0.134. The smallest absolute Gasteiger partial charge is 0.339 e. The number of allylic oxidation sites excluding steroid dienone is 2. The Kier molecular flexibility index (Phi) is 6.40. The zero-order valence-electron chi connectivity index (χ0n) is 21.1. The van der Waals surface area contributed by atoms with E-state index in [4.69, 9.17) is 9.72 Å². The molecule has 1 fully saturated rings. The number of anilines is 1. The number of Topliss-reactive ketones (excluding diaryl/α,β-unsaturated/α-hetero) is 1. The number of imide groups is 1. The van der Waals surface area contributed by atoms with Gasteiger partial charge < -0.3 is 4.74 Å². The van der Waals surface area contributed by atoms with Crippen molar-refractivity contribution in [2.24, 2.45) is 11.8 Å². The Labute approximate surface area is 228 Å². The number of aryl methyl sites for hydroxylation is 1. The van der Waals surface area contributed by atoms with E-state index in [2.05, 4.69) is 0 Å². The van der Waals surface area contributed by atoms with Crippen LogP contribution in [-0.2, 0) is 14.3 Å². The molecule has 1 saturated heterocycles. The summed E-state index contributed by atoms with van der Waals surface area (Å²) in [6.45, 7) is 1.57. The van der Waals surface area contributed by atoms with Crippen LogP contribution in [0.2, 0.25) is 0 Å². The van der Waals surface area contributed by atoms with Crippen molar-refractivity contribution in [3.63, 3.8) is 0 Å². The van der Waals surface area contributed by atoms with Gasteiger partial charge in [-0.1, -0.05) is 42.0 Å². The molecule has 6 rings (SSSR count). The molecule has 0 radical (unpaired) electrons. The van der Waals surface area contributed by atoms with Gasteiger partial charge in [0.1, 0.15) is 0 Å². The van der Waals surface area contributed by atoms with Gasteiger partial charge in [0.25, 0.3) is 0 Å². The second-order valence-electron chi connectivity index (χ2n) is 9.77. The minimum atomic E-state index is -0.611. The summed E-state index contributed by atoms with van der Waals surface area (Å²) in [6, 6.07) is 17.8. The molecule has 2 amide bonds. The molecule has 2 aromatic carbocycles. The number of rotatable bonds is 6. The van der Waals surface area contributed by atoms with Gasteiger partial charge in [0.15, 0.2) is 6.61 Å². The number of carbonyl (C=O) groups excluding carboxylic acids is 4. The lowest BCUT2D eigenvalue weighted by Gasteiger charge is -2.15. The van der Waals surface area contributed by atoms with E-state index in [9.17, 15) is 19.2 Å². The highest BCUT2D eigenvalue weighted by Crippen LogP contribution is 2.38. The summed E-state index contributed by atoms with van der Waals surface area (Å²) >= 11 is 1.30. The van der Waals surface area contributed by atoms with Crippen LogP contribution >= 0.6 is 11.3 Å². The van der Waals surface area contributed by atoms with E-state index in [0.29, 0.717) is 51.1 Å². The van der Waals surface area contributed by atoms with Gasteiger partial charge >= 0.3 is 5.97 Å². The van der Waals surface area contributed by atoms with E-state index in [1.807, 2.05) is 37.3 Å². The zero-order chi connectivity index (χ0) is 27.1. The van der Waals surface area contributed by atoms with Crippen molar-refractivity contribution in [2.45, 2.75) is 19.8 Å². The summed E-state index contributed by atoms with van der Waals surface area (Å²) in [5, 5.41) is 2.43. The van der Waals surface area contributed by atoms with Crippen molar-refractivity contribution >= 4 is 51.5 Å². The molecule has 2 unspecified atom stereocenters. The number of fused-ring (bicyclic) bond motifs is 2. The number of aromatic nitrogens is 1. The number of carbonyl (C=O) groups is 4. The number of amides is 2. The number of ether oxygens (including phenoxy) is 1. The van der Waals surface area contributed by atoms with Crippen LogP contribution in [-0.4, -0.2) is 35.2 Å². The van der Waals surface area contributed by atoms with Gasteiger partial charge in [0.05, 0.1) is 39.2 Å². The summed E-state index contributed by atoms with van der Waals surface area (Å²) in [6.07, 6.45) is 5.10. The first-order chi connectivity index (χ1) is 18.9. The Morgan fingerprint density at radius 1 is 0.974 bits per heavy atom. The maximum atomic E-state index is 13.2. The summed E-state index contributed by atoms with van der Waals surface area (Å²) in [4.78, 5) is 58.1. The standard InChI is InChI=1S/C31H24N2O5S/c1-18-8-13-25-23(15-18)24(31(37)38-17-27(34)28-7-4-14-39-28)16-26(32-25)19-9-11-20(12-10-19)33-29(35)21-5-2-3-6-22(21)30(33)36/h2-4,7-16,21-22H,5-6,17H2,1H3. The number of thiophene rings is 1. The van der Waals surface area contributed by atoms with E-state index >= 15 is 0 Å². The molecule has 2 atom stereocenters. The molecular formula is C31H24N2O5S. The topological polar surface area (TPSA) is 93.6 Å². The predicted molar refractivity (Wildman–Crippen MR) is 149 cm³/mol. The van der Waals surface area contributed by atoms with Crippen molar-refractivity contribution in [1.29, 1.82) is 0 Å². The van der Waals surface area contributed by atoms with E-state index in [1.165, 1.54) is 16.2 Å². The first-order valence-corrected chi connectivity index (χ1v) is 13.6. The minimum absolute atomic E-state index is 0.163. The van der Waals surface area contributed by atoms with Crippen molar-refractivity contribution in [3.8, 4) is 11.3 Å². The van der Waals surface area contributed by atoms with E-state index in [1.54, 1.807) is 47.8 Å². The van der Waals surface area contributed by atoms with Crippen LogP contribution in [0.3, 0.4) is 0 Å². The number of esters is 1. The molecule has 0 saturated carbocycles. The molecule has 4 aromatic rings. The number of nitrogens with zero attached hydrogens (tertiary/aromatic N) is 2. The van der Waals surface area contributed by atoms with Gasteiger partial charge in [0, 0.05) is 10.9 Å². The Bertz CT molecular complexity index is 1630. The fourth-order valence-corrected chi connectivity index (χ4v) is 5.86. The first-order valence-electron chi connectivity index (χ1n) is 12.7. The molecule has 8 heteroatoms. The Balaban J connectivity index is 1.30. The number of ketones is 1. The highest BCUT2D eigenvalue weighted by Gasteiger charge is 2.47. The lowest BCUT2D eigenvalue weighted by atomic mass is 9.85. The largest absolute Gasteiger partial charge is 0.454 e. The van der Waals surface area contributed by atoms with E-state index in [-0.39, 0.29) is 36.0 Å². The lowest BCUT2D eigenvalue weighted by Crippen LogP contribution is -2.30. The molecule has 7 nitrogen and oxygen atoms in total. The third-order valence-electron chi connectivity index (χ3n) is 7.24. The predicted octanol–water partition coefficient (Wildman–Crippen LogP) is 5.77. The molecule has 1 aliphatic carbocycles. The van der Waals surface area contributed by atoms with Crippen LogP contribution in [0.25, 0.3) is 22.2 Å². The van der Waals surface area contributed by atoms with Crippen molar-refractivity contribution in [1.82, 2.24) is 4.98 Å². The molecule has 194 valence electrons. The van der Waals surface area contributed by atoms with Crippen LogP contribution in [0.15, 0.2) is 78.2 Å². The van der Waals surface area contributed by atoms with Gasteiger partial charge in [-0.05, 0) is 61.5 Å². The summed E-state index contributed by atoms with van der Waals surface area (Å²) < 4.78 is 5.41. The number of pyridine rings is 1. The number of hydrogen-bond donors (Lipinski definition) is 0. The highest BCUT2D eigenvalue weighted by molar-refractivity contribution is 7.12. The summed E-state index contributed by atoms with van der Waals surface area (Å²) in [5.74, 6) is -1.79. The van der Waals surface area contributed by atoms with Crippen LogP contribution in [0, 0.1) is 18.8 Å². The van der Waals surface area contributed by atoms with Crippen LogP contribution in [0.5, 0.6) is 0 Å². The molecule has 39 heavy (non-hydrogen) atoms. The molecule has 0 bridgehead atoms. The molecule has 2 aliphatic rings. The Morgan fingerprint density at radius 2 is 1.69 bits per heavy atom. The SMILES string of the molecule is Cc1ccc2nc(-c3ccc(N4C(=O)C5CC=CCC5C4=O)cc3)cc(C(=O)OCC(=O)c3cccs3)c2c1. The highest BCUT2D eigenvalue weighted by atomic mass is 32.1. The Hall–Kier alpha value is -4.43. The van der Waals surface area contributed by atoms with E-state index < -0.39 is 5.97 Å². The number of hydrogen-bond acceptors (Lipinski definition) is 7. The molecular weight excluding hydrogens is 512 g/mol. The monoisotopic (exact) mass is 536 g/mol. The molecule has 0 spiro atoms. The molecule has 2 aromatic heterocycles. The fraction of sp³-hybridized carbons (Fsp3) is 0.194. The van der Waals surface area contributed by atoms with E-state index in [0.717, 1.165) is 5.56 Å². The van der Waals surface area contributed by atoms with Crippen LogP contribution in [0.1, 0.15) is 38.4 Å².